The molecule has 1 heterocycles. The third kappa shape index (κ3) is 5.49. The van der Waals surface area contributed by atoms with E-state index in [1.54, 1.807) is 29.0 Å². The maximum atomic E-state index is 12.6. The number of esters is 1. The predicted octanol–water partition coefficient (Wildman–Crippen LogP) is 4.86. The van der Waals surface area contributed by atoms with Crippen LogP contribution >= 0.6 is 23.1 Å². The Labute approximate surface area is 183 Å². The smallest absolute Gasteiger partial charge is 0.339 e. The number of benzene rings is 2. The molecule has 0 bridgehead atoms. The first-order valence-corrected chi connectivity index (χ1v) is 11.7. The second-order valence-electron chi connectivity index (χ2n) is 7.13. The molecule has 1 unspecified atom stereocenters. The molecule has 0 radical (unpaired) electrons. The lowest BCUT2D eigenvalue weighted by atomic mass is 10.0. The van der Waals surface area contributed by atoms with Crippen LogP contribution in [0.4, 0.5) is 0 Å². The number of hydrogen-bond donors (Lipinski definition) is 1. The highest BCUT2D eigenvalue weighted by Gasteiger charge is 2.33. The van der Waals surface area contributed by atoms with Crippen LogP contribution in [0.1, 0.15) is 40.5 Å². The van der Waals surface area contributed by atoms with Crippen LogP contribution in [0.3, 0.4) is 0 Å². The number of nitrogens with one attached hydrogen (secondary N) is 1. The van der Waals surface area contributed by atoms with Crippen LogP contribution in [0.15, 0.2) is 70.4 Å². The highest BCUT2D eigenvalue weighted by molar-refractivity contribution is 7.98. The highest BCUT2D eigenvalue weighted by Crippen LogP contribution is 2.40. The third-order valence-corrected chi connectivity index (χ3v) is 6.61. The monoisotopic (exact) mass is 438 g/mol. The van der Waals surface area contributed by atoms with Gasteiger partial charge in [0.25, 0.3) is 5.91 Å². The minimum absolute atomic E-state index is 0.0293. The number of hydrogen-bond acceptors (Lipinski definition) is 6. The first-order valence-electron chi connectivity index (χ1n) is 9.81. The normalized spacial score (nSPS) is 14.1. The van der Waals surface area contributed by atoms with Gasteiger partial charge in [-0.15, -0.1) is 23.1 Å². The minimum Gasteiger partial charge on any atom is -0.452 e. The first-order chi connectivity index (χ1) is 14.7. The van der Waals surface area contributed by atoms with Crippen LogP contribution in [0.5, 0.6) is 0 Å². The molecule has 1 aromatic heterocycles. The Kier molecular flexibility index (Phi) is 6.81. The van der Waals surface area contributed by atoms with Gasteiger partial charge in [0.05, 0.1) is 22.8 Å². The largest absolute Gasteiger partial charge is 0.452 e. The SMILES string of the molecule is O=C(COC(=O)c1ccccc1SCc1cscn1)NC(c1ccccc1)C1CC1. The molecule has 4 rings (SSSR count). The zero-order valence-corrected chi connectivity index (χ0v) is 18.0. The number of ether oxygens (including phenoxy) is 1. The lowest BCUT2D eigenvalue weighted by Crippen LogP contribution is -2.33. The van der Waals surface area contributed by atoms with Gasteiger partial charge in [0, 0.05) is 16.0 Å². The molecule has 154 valence electrons. The van der Waals surface area contributed by atoms with Gasteiger partial charge in [0.2, 0.25) is 0 Å². The van der Waals surface area contributed by atoms with Crippen LogP contribution in [0.2, 0.25) is 0 Å². The highest BCUT2D eigenvalue weighted by atomic mass is 32.2. The van der Waals surface area contributed by atoms with Crippen molar-refractivity contribution in [3.63, 3.8) is 0 Å². The molecule has 1 aliphatic carbocycles. The van der Waals surface area contributed by atoms with Crippen LogP contribution in [0.25, 0.3) is 0 Å². The van der Waals surface area contributed by atoms with E-state index < -0.39 is 5.97 Å². The fourth-order valence-corrected chi connectivity index (χ4v) is 4.82. The summed E-state index contributed by atoms with van der Waals surface area (Å²) in [4.78, 5) is 30.1. The summed E-state index contributed by atoms with van der Waals surface area (Å²) in [6.45, 7) is -0.292. The van der Waals surface area contributed by atoms with E-state index in [4.69, 9.17) is 4.74 Å². The summed E-state index contributed by atoms with van der Waals surface area (Å²) >= 11 is 3.08. The summed E-state index contributed by atoms with van der Waals surface area (Å²) in [6, 6.07) is 17.2. The van der Waals surface area contributed by atoms with Crippen molar-refractivity contribution in [2.24, 2.45) is 5.92 Å². The maximum Gasteiger partial charge on any atom is 0.339 e. The average Bonchev–Trinajstić information content (AvgIpc) is 3.49. The summed E-state index contributed by atoms with van der Waals surface area (Å²) < 4.78 is 5.33. The van der Waals surface area contributed by atoms with E-state index in [2.05, 4.69) is 10.3 Å². The van der Waals surface area contributed by atoms with Crippen LogP contribution in [0, 0.1) is 5.92 Å². The number of aromatic nitrogens is 1. The zero-order chi connectivity index (χ0) is 20.8. The quantitative estimate of drug-likeness (QED) is 0.382. The molecule has 30 heavy (non-hydrogen) atoms. The van der Waals surface area contributed by atoms with E-state index in [-0.39, 0.29) is 18.6 Å². The molecule has 1 N–H and O–H groups in total. The first kappa shape index (κ1) is 20.6. The van der Waals surface area contributed by atoms with Crippen molar-refractivity contribution in [2.75, 3.05) is 6.61 Å². The number of nitrogens with zero attached hydrogens (tertiary/aromatic N) is 1. The Morgan fingerprint density at radius 3 is 2.63 bits per heavy atom. The molecule has 1 fully saturated rings. The fourth-order valence-electron chi connectivity index (χ4n) is 3.21. The topological polar surface area (TPSA) is 68.3 Å². The Morgan fingerprint density at radius 1 is 1.13 bits per heavy atom. The number of thioether (sulfide) groups is 1. The lowest BCUT2D eigenvalue weighted by molar-refractivity contribution is -0.125. The molecule has 0 saturated heterocycles. The molecular weight excluding hydrogens is 416 g/mol. The molecule has 1 aliphatic rings. The molecule has 3 aromatic rings. The van der Waals surface area contributed by atoms with Crippen molar-refractivity contribution in [1.29, 1.82) is 0 Å². The Morgan fingerprint density at radius 2 is 1.90 bits per heavy atom. The van der Waals surface area contributed by atoms with Gasteiger partial charge in [-0.1, -0.05) is 42.5 Å². The predicted molar refractivity (Wildman–Crippen MR) is 118 cm³/mol. The minimum atomic E-state index is -0.491. The van der Waals surface area contributed by atoms with Gasteiger partial charge in [-0.25, -0.2) is 9.78 Å². The lowest BCUT2D eigenvalue weighted by Gasteiger charge is -2.19. The van der Waals surface area contributed by atoms with Gasteiger partial charge < -0.3 is 10.1 Å². The third-order valence-electron chi connectivity index (χ3n) is 4.87. The van der Waals surface area contributed by atoms with Gasteiger partial charge in [0.15, 0.2) is 6.61 Å². The van der Waals surface area contributed by atoms with Crippen LogP contribution in [-0.2, 0) is 15.3 Å². The summed E-state index contributed by atoms with van der Waals surface area (Å²) in [5.74, 6) is 0.356. The molecule has 2 aromatic carbocycles. The van der Waals surface area contributed by atoms with Crippen molar-refractivity contribution in [1.82, 2.24) is 10.3 Å². The van der Waals surface area contributed by atoms with E-state index >= 15 is 0 Å². The van der Waals surface area contributed by atoms with Gasteiger partial charge in [-0.3, -0.25) is 4.79 Å². The van der Waals surface area contributed by atoms with Gasteiger partial charge in [0.1, 0.15) is 0 Å². The number of rotatable bonds is 9. The molecule has 5 nitrogen and oxygen atoms in total. The van der Waals surface area contributed by atoms with E-state index in [1.807, 2.05) is 47.8 Å². The van der Waals surface area contributed by atoms with E-state index in [0.717, 1.165) is 29.0 Å². The second-order valence-corrected chi connectivity index (χ2v) is 8.87. The number of carbonyl (C=O) groups is 2. The molecule has 7 heteroatoms. The molecular formula is C23H22N2O3S2. The molecule has 1 atom stereocenters. The second kappa shape index (κ2) is 9.91. The molecule has 0 spiro atoms. The van der Waals surface area contributed by atoms with Gasteiger partial charge >= 0.3 is 5.97 Å². The van der Waals surface area contributed by atoms with Crippen LogP contribution < -0.4 is 5.32 Å². The fraction of sp³-hybridized carbons (Fsp3) is 0.261. The molecule has 0 aliphatic heterocycles. The van der Waals surface area contributed by atoms with E-state index in [0.29, 0.717) is 17.2 Å². The number of amides is 1. The Bertz CT molecular complexity index is 989. The zero-order valence-electron chi connectivity index (χ0n) is 16.3. The van der Waals surface area contributed by atoms with Crippen molar-refractivity contribution in [3.8, 4) is 0 Å². The van der Waals surface area contributed by atoms with E-state index in [9.17, 15) is 9.59 Å². The van der Waals surface area contributed by atoms with Crippen molar-refractivity contribution in [2.45, 2.75) is 29.5 Å². The summed E-state index contributed by atoms with van der Waals surface area (Å²) in [5.41, 5.74) is 4.31. The number of thiazole rings is 1. The average molecular weight is 439 g/mol. The van der Waals surface area contributed by atoms with Crippen molar-refractivity contribution >= 4 is 35.0 Å². The van der Waals surface area contributed by atoms with Crippen molar-refractivity contribution in [3.05, 3.63) is 82.3 Å². The summed E-state index contributed by atoms with van der Waals surface area (Å²) in [5, 5.41) is 5.02. The molecule has 1 amide bonds. The van der Waals surface area contributed by atoms with Gasteiger partial charge in [-0.2, -0.15) is 0 Å². The van der Waals surface area contributed by atoms with Crippen molar-refractivity contribution < 1.29 is 14.3 Å². The maximum absolute atomic E-state index is 12.6. The summed E-state index contributed by atoms with van der Waals surface area (Å²) in [6.07, 6.45) is 2.20. The van der Waals surface area contributed by atoms with Crippen LogP contribution in [-0.4, -0.2) is 23.5 Å². The van der Waals surface area contributed by atoms with E-state index in [1.165, 1.54) is 11.8 Å². The summed E-state index contributed by atoms with van der Waals surface area (Å²) in [7, 11) is 0. The molecule has 1 saturated carbocycles. The Balaban J connectivity index is 1.33. The van der Waals surface area contributed by atoms with Gasteiger partial charge in [-0.05, 0) is 36.5 Å². The number of carbonyl (C=O) groups excluding carboxylic acids is 2. The Hall–Kier alpha value is -2.64. The standard InChI is InChI=1S/C23H22N2O3S2/c26-21(25-22(17-10-11-17)16-6-2-1-3-7-16)12-28-23(27)19-8-4-5-9-20(19)30-14-18-13-29-15-24-18/h1-9,13,15,17,22H,10-12,14H2,(H,25,26).